The smallest absolute Gasteiger partial charge is 0.204 e. The molecule has 0 bridgehead atoms. The van der Waals surface area contributed by atoms with Gasteiger partial charge in [0.15, 0.2) is 11.5 Å². The Labute approximate surface area is 131 Å². The molecule has 0 aliphatic rings. The van der Waals surface area contributed by atoms with E-state index >= 15 is 0 Å². The average molecular weight is 317 g/mol. The highest BCUT2D eigenvalue weighted by atomic mass is 32.2. The molecule has 22 heavy (non-hydrogen) atoms. The molecule has 0 saturated heterocycles. The first-order valence-corrected chi connectivity index (χ1v) is 7.58. The van der Waals surface area contributed by atoms with E-state index in [1.807, 2.05) is 24.3 Å². The van der Waals surface area contributed by atoms with Gasteiger partial charge in [0.25, 0.3) is 0 Å². The summed E-state index contributed by atoms with van der Waals surface area (Å²) >= 11 is 1.38. The number of nitrogens with zero attached hydrogens (tertiary/aromatic N) is 3. The highest BCUT2D eigenvalue weighted by Crippen LogP contribution is 2.33. The van der Waals surface area contributed by atoms with Crippen LogP contribution in [0.4, 0.5) is 0 Å². The second kappa shape index (κ2) is 6.15. The van der Waals surface area contributed by atoms with Crippen LogP contribution in [0.1, 0.15) is 5.69 Å². The molecule has 0 amide bonds. The van der Waals surface area contributed by atoms with Gasteiger partial charge in [0, 0.05) is 18.0 Å². The lowest BCUT2D eigenvalue weighted by molar-refractivity contribution is 0.172. The molecule has 0 unspecified atom stereocenters. The number of rotatable bonds is 5. The molecular weight excluding hydrogens is 302 g/mol. The van der Waals surface area contributed by atoms with Crippen LogP contribution in [-0.4, -0.2) is 34.1 Å². The number of fused-ring (bicyclic) bond motifs is 1. The summed E-state index contributed by atoms with van der Waals surface area (Å²) in [7, 11) is 3.16. The van der Waals surface area contributed by atoms with Crippen molar-refractivity contribution >= 4 is 22.8 Å². The first kappa shape index (κ1) is 14.5. The number of hydrogen-bond acceptors (Lipinski definition) is 6. The largest absolute Gasteiger partial charge is 0.493 e. The predicted octanol–water partition coefficient (Wildman–Crippen LogP) is 2.98. The standard InChI is InChI=1S/C15H15N3O3S/c1-20-13-7-8-16-11(14(13)21-2)9-22-15-17-10-5-3-4-6-12(10)18(15)19/h3-8,19H,9H2,1-2H3. The maximum atomic E-state index is 10.2. The van der Waals surface area contributed by atoms with Crippen molar-refractivity contribution in [2.45, 2.75) is 10.9 Å². The molecule has 2 aromatic heterocycles. The van der Waals surface area contributed by atoms with Crippen LogP contribution < -0.4 is 9.47 Å². The molecule has 1 N–H and O–H groups in total. The van der Waals surface area contributed by atoms with Gasteiger partial charge in [0.1, 0.15) is 5.52 Å². The second-order valence-electron chi connectivity index (χ2n) is 4.48. The summed E-state index contributed by atoms with van der Waals surface area (Å²) in [6.45, 7) is 0. The monoisotopic (exact) mass is 317 g/mol. The van der Waals surface area contributed by atoms with Gasteiger partial charge in [0.2, 0.25) is 5.16 Å². The van der Waals surface area contributed by atoms with Crippen LogP contribution >= 0.6 is 11.8 Å². The maximum Gasteiger partial charge on any atom is 0.204 e. The van der Waals surface area contributed by atoms with E-state index in [1.54, 1.807) is 26.5 Å². The molecule has 7 heteroatoms. The molecule has 0 atom stereocenters. The first-order valence-electron chi connectivity index (χ1n) is 6.60. The number of pyridine rings is 1. The van der Waals surface area contributed by atoms with Crippen LogP contribution in [0.25, 0.3) is 11.0 Å². The van der Waals surface area contributed by atoms with E-state index in [0.717, 1.165) is 15.9 Å². The fraction of sp³-hybridized carbons (Fsp3) is 0.200. The molecule has 2 heterocycles. The van der Waals surface area contributed by atoms with E-state index in [1.165, 1.54) is 11.8 Å². The van der Waals surface area contributed by atoms with E-state index in [0.29, 0.717) is 27.9 Å². The van der Waals surface area contributed by atoms with Gasteiger partial charge in [-0.15, -0.1) is 0 Å². The fourth-order valence-corrected chi connectivity index (χ4v) is 3.03. The number of hydrogen-bond donors (Lipinski definition) is 1. The van der Waals surface area contributed by atoms with Gasteiger partial charge in [-0.1, -0.05) is 23.9 Å². The quantitative estimate of drug-likeness (QED) is 0.576. The number of methoxy groups -OCH3 is 2. The number of para-hydroxylation sites is 2. The van der Waals surface area contributed by atoms with Gasteiger partial charge in [-0.3, -0.25) is 4.98 Å². The van der Waals surface area contributed by atoms with Crippen LogP contribution in [-0.2, 0) is 5.75 Å². The number of aromatic nitrogens is 3. The summed E-state index contributed by atoms with van der Waals surface area (Å²) in [6.07, 6.45) is 1.67. The average Bonchev–Trinajstić information content (AvgIpc) is 2.89. The Morgan fingerprint density at radius 2 is 2.00 bits per heavy atom. The highest BCUT2D eigenvalue weighted by molar-refractivity contribution is 7.98. The van der Waals surface area contributed by atoms with Crippen molar-refractivity contribution < 1.29 is 14.7 Å². The van der Waals surface area contributed by atoms with Crippen LogP contribution in [0, 0.1) is 0 Å². The zero-order valence-electron chi connectivity index (χ0n) is 12.2. The molecule has 0 fully saturated rings. The third-order valence-electron chi connectivity index (χ3n) is 3.21. The first-order chi connectivity index (χ1) is 10.7. The molecule has 0 saturated carbocycles. The Bertz CT molecular complexity index is 804. The van der Waals surface area contributed by atoms with Crippen LogP contribution in [0.2, 0.25) is 0 Å². The molecule has 3 rings (SSSR count). The summed E-state index contributed by atoms with van der Waals surface area (Å²) in [6, 6.07) is 9.16. The topological polar surface area (TPSA) is 69.4 Å². The van der Waals surface area contributed by atoms with Gasteiger partial charge in [-0.05, 0) is 12.1 Å². The minimum absolute atomic E-state index is 0.504. The molecule has 0 aliphatic heterocycles. The zero-order chi connectivity index (χ0) is 15.5. The van der Waals surface area contributed by atoms with Crippen LogP contribution in [0.5, 0.6) is 11.5 Å². The Hall–Kier alpha value is -2.41. The van der Waals surface area contributed by atoms with Gasteiger partial charge in [-0.2, -0.15) is 4.73 Å². The minimum Gasteiger partial charge on any atom is -0.493 e. The fourth-order valence-electron chi connectivity index (χ4n) is 2.17. The molecule has 0 radical (unpaired) electrons. The molecule has 0 aliphatic carbocycles. The Kier molecular flexibility index (Phi) is 4.06. The second-order valence-corrected chi connectivity index (χ2v) is 5.42. The molecule has 1 aromatic carbocycles. The van der Waals surface area contributed by atoms with E-state index in [4.69, 9.17) is 9.47 Å². The predicted molar refractivity (Wildman–Crippen MR) is 83.8 cm³/mol. The van der Waals surface area contributed by atoms with Crippen molar-refractivity contribution in [1.29, 1.82) is 0 Å². The normalized spacial score (nSPS) is 10.8. The lowest BCUT2D eigenvalue weighted by Gasteiger charge is -2.10. The molecule has 3 aromatic rings. The SMILES string of the molecule is COc1ccnc(CSc2nc3ccccc3n2O)c1OC. The Morgan fingerprint density at radius 1 is 1.18 bits per heavy atom. The van der Waals surface area contributed by atoms with Gasteiger partial charge in [-0.25, -0.2) is 4.98 Å². The Morgan fingerprint density at radius 3 is 2.73 bits per heavy atom. The van der Waals surface area contributed by atoms with Gasteiger partial charge < -0.3 is 14.7 Å². The van der Waals surface area contributed by atoms with Gasteiger partial charge in [0.05, 0.1) is 25.4 Å². The highest BCUT2D eigenvalue weighted by Gasteiger charge is 2.14. The molecule has 6 nitrogen and oxygen atoms in total. The number of benzene rings is 1. The summed E-state index contributed by atoms with van der Waals surface area (Å²) in [5.74, 6) is 1.73. The molecule has 114 valence electrons. The number of imidazole rings is 1. The van der Waals surface area contributed by atoms with Crippen molar-refractivity contribution in [1.82, 2.24) is 14.7 Å². The van der Waals surface area contributed by atoms with E-state index in [-0.39, 0.29) is 0 Å². The van der Waals surface area contributed by atoms with E-state index in [2.05, 4.69) is 9.97 Å². The van der Waals surface area contributed by atoms with E-state index < -0.39 is 0 Å². The summed E-state index contributed by atoms with van der Waals surface area (Å²) in [5.41, 5.74) is 2.16. The summed E-state index contributed by atoms with van der Waals surface area (Å²) in [5, 5.41) is 10.7. The molecule has 0 spiro atoms. The Balaban J connectivity index is 1.87. The minimum atomic E-state index is 0.504. The summed E-state index contributed by atoms with van der Waals surface area (Å²) in [4.78, 5) is 8.71. The van der Waals surface area contributed by atoms with Crippen LogP contribution in [0.15, 0.2) is 41.7 Å². The van der Waals surface area contributed by atoms with Crippen molar-refractivity contribution in [3.8, 4) is 11.5 Å². The third-order valence-corrected chi connectivity index (χ3v) is 4.15. The van der Waals surface area contributed by atoms with Crippen molar-refractivity contribution in [2.75, 3.05) is 14.2 Å². The molecular formula is C15H15N3O3S. The number of thioether (sulfide) groups is 1. The van der Waals surface area contributed by atoms with Crippen LogP contribution in [0.3, 0.4) is 0 Å². The summed E-state index contributed by atoms with van der Waals surface area (Å²) < 4.78 is 11.7. The van der Waals surface area contributed by atoms with Crippen molar-refractivity contribution in [2.24, 2.45) is 0 Å². The van der Waals surface area contributed by atoms with Crippen molar-refractivity contribution in [3.63, 3.8) is 0 Å². The third kappa shape index (κ3) is 2.55. The van der Waals surface area contributed by atoms with Gasteiger partial charge >= 0.3 is 0 Å². The number of ether oxygens (including phenoxy) is 2. The lowest BCUT2D eigenvalue weighted by atomic mass is 10.3. The lowest BCUT2D eigenvalue weighted by Crippen LogP contribution is -1.99. The zero-order valence-corrected chi connectivity index (χ0v) is 13.0. The van der Waals surface area contributed by atoms with E-state index in [9.17, 15) is 5.21 Å². The van der Waals surface area contributed by atoms with Crippen molar-refractivity contribution in [3.05, 3.63) is 42.2 Å². The maximum absolute atomic E-state index is 10.2.